The molecule has 0 bridgehead atoms. The number of carbonyl (C=O) groups is 1. The number of piperidine rings is 1. The van der Waals surface area contributed by atoms with Crippen molar-refractivity contribution in [1.29, 1.82) is 0 Å². The van der Waals surface area contributed by atoms with Crippen molar-refractivity contribution in [2.24, 2.45) is 5.92 Å². The van der Waals surface area contributed by atoms with Gasteiger partial charge >= 0.3 is 0 Å². The van der Waals surface area contributed by atoms with Gasteiger partial charge in [-0.1, -0.05) is 6.92 Å². The van der Waals surface area contributed by atoms with Crippen molar-refractivity contribution >= 4 is 29.7 Å². The maximum atomic E-state index is 12.3. The molecule has 142 valence electrons. The Morgan fingerprint density at radius 1 is 1.38 bits per heavy atom. The zero-order chi connectivity index (χ0) is 17.5. The molecule has 2 heterocycles. The van der Waals surface area contributed by atoms with Crippen molar-refractivity contribution in [3.8, 4) is 16.3 Å². The van der Waals surface area contributed by atoms with Crippen molar-refractivity contribution in [3.63, 3.8) is 0 Å². The van der Waals surface area contributed by atoms with Crippen LogP contribution in [0.5, 0.6) is 5.75 Å². The molecule has 1 aliphatic rings. The lowest BCUT2D eigenvalue weighted by atomic mass is 10.00. The summed E-state index contributed by atoms with van der Waals surface area (Å²) < 4.78 is 5.59. The van der Waals surface area contributed by atoms with Gasteiger partial charge in [-0.05, 0) is 62.5 Å². The average Bonchev–Trinajstić information content (AvgIpc) is 3.16. The SMILES string of the molecule is CCCOc1ccc(-c2nc(C(=O)NCC3CCCNC3)cs2)cc1.Cl. The normalized spacial score (nSPS) is 16.6. The van der Waals surface area contributed by atoms with Crippen LogP contribution < -0.4 is 15.4 Å². The number of rotatable bonds is 7. The fraction of sp³-hybridized carbons (Fsp3) is 0.474. The predicted molar refractivity (Wildman–Crippen MR) is 109 cm³/mol. The van der Waals surface area contributed by atoms with E-state index in [0.29, 0.717) is 18.2 Å². The first kappa shape index (κ1) is 20.7. The molecule has 0 saturated carbocycles. The highest BCUT2D eigenvalue weighted by Crippen LogP contribution is 2.26. The van der Waals surface area contributed by atoms with Crippen LogP contribution in [0.1, 0.15) is 36.7 Å². The van der Waals surface area contributed by atoms with Crippen LogP contribution in [0, 0.1) is 5.92 Å². The predicted octanol–water partition coefficient (Wildman–Crippen LogP) is 3.75. The minimum atomic E-state index is -0.0871. The molecule has 7 heteroatoms. The first-order valence-electron chi connectivity index (χ1n) is 8.94. The maximum absolute atomic E-state index is 12.3. The number of hydrogen-bond donors (Lipinski definition) is 2. The molecule has 3 rings (SSSR count). The van der Waals surface area contributed by atoms with Crippen LogP contribution in [-0.2, 0) is 0 Å². The van der Waals surface area contributed by atoms with Crippen LogP contribution in [0.2, 0.25) is 0 Å². The van der Waals surface area contributed by atoms with Gasteiger partial charge in [0.1, 0.15) is 16.5 Å². The Morgan fingerprint density at radius 3 is 2.88 bits per heavy atom. The summed E-state index contributed by atoms with van der Waals surface area (Å²) >= 11 is 1.49. The Labute approximate surface area is 165 Å². The number of nitrogens with one attached hydrogen (secondary N) is 2. The van der Waals surface area contributed by atoms with Crippen LogP contribution in [0.15, 0.2) is 29.6 Å². The van der Waals surface area contributed by atoms with Crippen molar-refractivity contribution in [2.75, 3.05) is 26.2 Å². The van der Waals surface area contributed by atoms with E-state index >= 15 is 0 Å². The minimum absolute atomic E-state index is 0. The monoisotopic (exact) mass is 395 g/mol. The third-order valence-electron chi connectivity index (χ3n) is 4.26. The number of amides is 1. The second-order valence-electron chi connectivity index (χ2n) is 6.33. The zero-order valence-corrected chi connectivity index (χ0v) is 16.6. The van der Waals surface area contributed by atoms with Crippen LogP contribution in [0.4, 0.5) is 0 Å². The van der Waals surface area contributed by atoms with Gasteiger partial charge in [0, 0.05) is 17.5 Å². The Hall–Kier alpha value is -1.63. The molecule has 1 atom stereocenters. The molecule has 2 N–H and O–H groups in total. The van der Waals surface area contributed by atoms with Crippen molar-refractivity contribution in [2.45, 2.75) is 26.2 Å². The highest BCUT2D eigenvalue weighted by molar-refractivity contribution is 7.13. The van der Waals surface area contributed by atoms with E-state index in [1.807, 2.05) is 29.6 Å². The van der Waals surface area contributed by atoms with Crippen LogP contribution >= 0.6 is 23.7 Å². The Kier molecular flexibility index (Phi) is 8.35. The van der Waals surface area contributed by atoms with E-state index in [-0.39, 0.29) is 18.3 Å². The number of halogens is 1. The summed E-state index contributed by atoms with van der Waals surface area (Å²) in [5.74, 6) is 1.30. The van der Waals surface area contributed by atoms with Crippen LogP contribution in [0.25, 0.3) is 10.6 Å². The average molecular weight is 396 g/mol. The highest BCUT2D eigenvalue weighted by atomic mass is 35.5. The van der Waals surface area contributed by atoms with Gasteiger partial charge < -0.3 is 15.4 Å². The van der Waals surface area contributed by atoms with Gasteiger partial charge in [0.2, 0.25) is 0 Å². The Morgan fingerprint density at radius 2 is 2.19 bits per heavy atom. The van der Waals surface area contributed by atoms with Gasteiger partial charge in [-0.25, -0.2) is 4.98 Å². The van der Waals surface area contributed by atoms with E-state index in [2.05, 4.69) is 22.5 Å². The quantitative estimate of drug-likeness (QED) is 0.749. The molecule has 5 nitrogen and oxygen atoms in total. The van der Waals surface area contributed by atoms with E-state index in [1.54, 1.807) is 0 Å². The van der Waals surface area contributed by atoms with Gasteiger partial charge in [0.05, 0.1) is 6.61 Å². The number of benzene rings is 1. The third-order valence-corrected chi connectivity index (χ3v) is 5.15. The molecule has 1 amide bonds. The molecule has 1 unspecified atom stereocenters. The van der Waals surface area contributed by atoms with E-state index < -0.39 is 0 Å². The van der Waals surface area contributed by atoms with E-state index in [1.165, 1.54) is 24.2 Å². The number of thiazole rings is 1. The molecule has 1 saturated heterocycles. The molecule has 1 aromatic carbocycles. The summed E-state index contributed by atoms with van der Waals surface area (Å²) in [6.07, 6.45) is 3.34. The molecular formula is C19H26ClN3O2S. The number of nitrogens with zero attached hydrogens (tertiary/aromatic N) is 1. The molecule has 0 spiro atoms. The first-order valence-corrected chi connectivity index (χ1v) is 9.82. The van der Waals surface area contributed by atoms with E-state index in [4.69, 9.17) is 4.74 Å². The molecule has 1 fully saturated rings. The van der Waals surface area contributed by atoms with Gasteiger partial charge in [-0.15, -0.1) is 23.7 Å². The molecule has 0 aliphatic carbocycles. The minimum Gasteiger partial charge on any atom is -0.494 e. The Balaban J connectivity index is 0.00000243. The standard InChI is InChI=1S/C19H25N3O2S.ClH/c1-2-10-24-16-7-5-15(6-8-16)19-22-17(13-25-19)18(23)21-12-14-4-3-9-20-11-14;/h5-8,13-14,20H,2-4,9-12H2,1H3,(H,21,23);1H. The summed E-state index contributed by atoms with van der Waals surface area (Å²) in [6, 6.07) is 7.86. The van der Waals surface area contributed by atoms with Crippen molar-refractivity contribution < 1.29 is 9.53 Å². The molecular weight excluding hydrogens is 370 g/mol. The zero-order valence-electron chi connectivity index (χ0n) is 15.0. The van der Waals surface area contributed by atoms with Gasteiger partial charge in [-0.2, -0.15) is 0 Å². The number of ether oxygens (including phenoxy) is 1. The largest absolute Gasteiger partial charge is 0.494 e. The summed E-state index contributed by atoms with van der Waals surface area (Å²) in [6.45, 7) is 5.58. The number of carbonyl (C=O) groups excluding carboxylic acids is 1. The highest BCUT2D eigenvalue weighted by Gasteiger charge is 2.16. The molecule has 2 aromatic rings. The van der Waals surface area contributed by atoms with Gasteiger partial charge in [0.15, 0.2) is 0 Å². The smallest absolute Gasteiger partial charge is 0.270 e. The fourth-order valence-corrected chi connectivity index (χ4v) is 3.66. The molecule has 26 heavy (non-hydrogen) atoms. The van der Waals surface area contributed by atoms with Crippen LogP contribution in [-0.4, -0.2) is 37.1 Å². The summed E-state index contributed by atoms with van der Waals surface area (Å²) in [5, 5.41) is 9.05. The molecule has 1 aromatic heterocycles. The fourth-order valence-electron chi connectivity index (χ4n) is 2.85. The lowest BCUT2D eigenvalue weighted by Gasteiger charge is -2.22. The van der Waals surface area contributed by atoms with Gasteiger partial charge in [0.25, 0.3) is 5.91 Å². The summed E-state index contributed by atoms with van der Waals surface area (Å²) in [7, 11) is 0. The van der Waals surface area contributed by atoms with Crippen molar-refractivity contribution in [1.82, 2.24) is 15.6 Å². The van der Waals surface area contributed by atoms with Crippen molar-refractivity contribution in [3.05, 3.63) is 35.3 Å². The lowest BCUT2D eigenvalue weighted by Crippen LogP contribution is -2.38. The number of hydrogen-bond acceptors (Lipinski definition) is 5. The first-order chi connectivity index (χ1) is 12.3. The molecule has 1 aliphatic heterocycles. The lowest BCUT2D eigenvalue weighted by molar-refractivity contribution is 0.0940. The second-order valence-corrected chi connectivity index (χ2v) is 7.19. The molecule has 0 radical (unpaired) electrons. The maximum Gasteiger partial charge on any atom is 0.270 e. The second kappa shape index (κ2) is 10.5. The van der Waals surface area contributed by atoms with E-state index in [9.17, 15) is 4.79 Å². The van der Waals surface area contributed by atoms with E-state index in [0.717, 1.165) is 42.4 Å². The summed E-state index contributed by atoms with van der Waals surface area (Å²) in [4.78, 5) is 16.8. The Bertz CT molecular complexity index is 684. The van der Waals surface area contributed by atoms with Crippen LogP contribution in [0.3, 0.4) is 0 Å². The summed E-state index contributed by atoms with van der Waals surface area (Å²) in [5.41, 5.74) is 1.50. The van der Waals surface area contributed by atoms with Gasteiger partial charge in [-0.3, -0.25) is 4.79 Å². The third kappa shape index (κ3) is 5.69. The number of aromatic nitrogens is 1. The topological polar surface area (TPSA) is 63.2 Å².